The highest BCUT2D eigenvalue weighted by Crippen LogP contribution is 2.35. The van der Waals surface area contributed by atoms with E-state index in [1.165, 1.54) is 16.6 Å². The van der Waals surface area contributed by atoms with Gasteiger partial charge in [0.2, 0.25) is 16.0 Å². The van der Waals surface area contributed by atoms with Gasteiger partial charge in [-0.3, -0.25) is 0 Å². The lowest BCUT2D eigenvalue weighted by molar-refractivity contribution is 0.388. The van der Waals surface area contributed by atoms with Gasteiger partial charge in [0.25, 0.3) is 0 Å². The molecule has 1 aromatic carbocycles. The second-order valence-electron chi connectivity index (χ2n) is 9.61. The van der Waals surface area contributed by atoms with Crippen LogP contribution in [0.15, 0.2) is 42.7 Å². The largest absolute Gasteiger partial charge is 0.368 e. The fourth-order valence-corrected chi connectivity index (χ4v) is 5.51. The van der Waals surface area contributed by atoms with Crippen LogP contribution in [-0.2, 0) is 10.0 Å². The lowest BCUT2D eigenvalue weighted by Crippen LogP contribution is -2.48. The van der Waals surface area contributed by atoms with Crippen LogP contribution < -0.4 is 15.1 Å². The molecule has 9 nitrogen and oxygen atoms in total. The van der Waals surface area contributed by atoms with Crippen molar-refractivity contribution in [2.45, 2.75) is 19.9 Å². The molecule has 0 unspecified atom stereocenters. The van der Waals surface area contributed by atoms with Crippen molar-refractivity contribution in [1.29, 1.82) is 0 Å². The number of halogens is 2. The summed E-state index contributed by atoms with van der Waals surface area (Å²) in [6.45, 7) is 6.64. The first-order valence-corrected chi connectivity index (χ1v) is 14.2. The lowest BCUT2D eigenvalue weighted by atomic mass is 10.0. The van der Waals surface area contributed by atoms with Crippen molar-refractivity contribution < 1.29 is 17.2 Å². The van der Waals surface area contributed by atoms with Gasteiger partial charge in [0.1, 0.15) is 17.3 Å². The topological polar surface area (TPSA) is 94.6 Å². The number of pyridine rings is 1. The fourth-order valence-electron chi connectivity index (χ4n) is 4.68. The second kappa shape index (κ2) is 10.3. The first-order chi connectivity index (χ1) is 18.1. The Labute approximate surface area is 220 Å². The fraction of sp³-hybridized carbons (Fsp3) is 0.346. The van der Waals surface area contributed by atoms with Gasteiger partial charge in [0.15, 0.2) is 5.82 Å². The van der Waals surface area contributed by atoms with Gasteiger partial charge in [-0.25, -0.2) is 32.2 Å². The molecule has 0 aliphatic carbocycles. The van der Waals surface area contributed by atoms with Crippen LogP contribution in [0.3, 0.4) is 0 Å². The van der Waals surface area contributed by atoms with Crippen molar-refractivity contribution in [3.63, 3.8) is 0 Å². The molecule has 0 radical (unpaired) electrons. The van der Waals surface area contributed by atoms with Crippen LogP contribution >= 0.6 is 0 Å². The molecule has 2 aromatic heterocycles. The minimum atomic E-state index is -3.20. The second-order valence-corrected chi connectivity index (χ2v) is 11.6. The van der Waals surface area contributed by atoms with E-state index in [0.717, 1.165) is 11.9 Å². The van der Waals surface area contributed by atoms with Crippen LogP contribution in [0.25, 0.3) is 17.3 Å². The summed E-state index contributed by atoms with van der Waals surface area (Å²) in [6, 6.07) is 6.80. The molecule has 0 amide bonds. The molecule has 2 aliphatic heterocycles. The third-order valence-electron chi connectivity index (χ3n) is 6.71. The number of nitrogens with one attached hydrogen (secondary N) is 1. The number of benzene rings is 1. The van der Waals surface area contributed by atoms with E-state index in [1.54, 1.807) is 24.4 Å². The summed E-state index contributed by atoms with van der Waals surface area (Å²) in [6.07, 6.45) is 7.60. The Morgan fingerprint density at radius 3 is 2.42 bits per heavy atom. The van der Waals surface area contributed by atoms with Crippen molar-refractivity contribution in [2.75, 3.05) is 54.1 Å². The average molecular weight is 542 g/mol. The van der Waals surface area contributed by atoms with Crippen LogP contribution in [0.1, 0.15) is 19.4 Å². The summed E-state index contributed by atoms with van der Waals surface area (Å²) >= 11 is 0. The van der Waals surface area contributed by atoms with Crippen LogP contribution in [-0.4, -0.2) is 72.7 Å². The maximum atomic E-state index is 15.0. The lowest BCUT2D eigenvalue weighted by Gasteiger charge is -2.34. The number of aromatic nitrogens is 3. The number of sulfonamides is 1. The Morgan fingerprint density at radius 2 is 1.76 bits per heavy atom. The van der Waals surface area contributed by atoms with Gasteiger partial charge in [-0.15, -0.1) is 0 Å². The minimum Gasteiger partial charge on any atom is -0.368 e. The number of hydrogen-bond donors (Lipinski definition) is 1. The summed E-state index contributed by atoms with van der Waals surface area (Å²) in [5, 5.41) is 2.98. The summed E-state index contributed by atoms with van der Waals surface area (Å²) in [5.74, 6) is -0.522. The van der Waals surface area contributed by atoms with Crippen LogP contribution in [0.4, 0.5) is 31.9 Å². The van der Waals surface area contributed by atoms with E-state index in [4.69, 9.17) is 0 Å². The number of piperazine rings is 1. The Kier molecular flexibility index (Phi) is 7.01. The highest BCUT2D eigenvalue weighted by molar-refractivity contribution is 7.88. The van der Waals surface area contributed by atoms with Gasteiger partial charge in [-0.2, -0.15) is 4.31 Å². The van der Waals surface area contributed by atoms with E-state index in [9.17, 15) is 17.2 Å². The summed E-state index contributed by atoms with van der Waals surface area (Å²) in [7, 11) is -3.20. The quantitative estimate of drug-likeness (QED) is 0.503. The molecule has 12 heteroatoms. The predicted molar refractivity (Wildman–Crippen MR) is 145 cm³/mol. The van der Waals surface area contributed by atoms with Crippen molar-refractivity contribution in [3.8, 4) is 11.3 Å². The summed E-state index contributed by atoms with van der Waals surface area (Å²) in [4.78, 5) is 16.9. The number of anilines is 4. The highest BCUT2D eigenvalue weighted by atomic mass is 32.2. The zero-order valence-electron chi connectivity index (χ0n) is 21.4. The van der Waals surface area contributed by atoms with E-state index >= 15 is 0 Å². The minimum absolute atomic E-state index is 0.0113. The number of nitrogens with zero attached hydrogens (tertiary/aromatic N) is 6. The van der Waals surface area contributed by atoms with Gasteiger partial charge < -0.3 is 15.1 Å². The third-order valence-corrected chi connectivity index (χ3v) is 8.01. The van der Waals surface area contributed by atoms with Crippen LogP contribution in [0.5, 0.6) is 0 Å². The SMILES string of the molecule is CC(C)N1CC=Cc2c(F)cc(-c3nc(Nc4ccc(N5CCN(S(C)(=O)=O)CC5)cn4)ncc3F)cc21. The van der Waals surface area contributed by atoms with Crippen molar-refractivity contribution in [2.24, 2.45) is 0 Å². The third kappa shape index (κ3) is 5.32. The standard InChI is InChI=1S/C26H29F2N7O2S/c1-17(2)35-8-4-5-20-21(27)13-18(14-23(20)35)25-22(28)16-30-26(32-25)31-24-7-6-19(15-29-24)33-9-11-34(12-10-33)38(3,36)37/h4-7,13-17H,8-12H2,1-3H3,(H,29,30,31,32). The van der Waals surface area contributed by atoms with E-state index < -0.39 is 21.7 Å². The molecule has 38 heavy (non-hydrogen) atoms. The molecule has 5 rings (SSSR count). The summed E-state index contributed by atoms with van der Waals surface area (Å²) in [5.41, 5.74) is 2.34. The maximum absolute atomic E-state index is 15.0. The molecule has 1 fully saturated rings. The van der Waals surface area contributed by atoms with Crippen molar-refractivity contribution in [1.82, 2.24) is 19.3 Å². The maximum Gasteiger partial charge on any atom is 0.229 e. The van der Waals surface area contributed by atoms with E-state index in [0.29, 0.717) is 55.4 Å². The Bertz CT molecular complexity index is 1470. The van der Waals surface area contributed by atoms with Gasteiger partial charge in [0, 0.05) is 55.6 Å². The van der Waals surface area contributed by atoms with Crippen LogP contribution in [0.2, 0.25) is 0 Å². The Balaban J connectivity index is 1.35. The molecule has 0 bridgehead atoms. The first kappa shape index (κ1) is 26.0. The van der Waals surface area contributed by atoms with Gasteiger partial charge in [0.05, 0.1) is 24.3 Å². The molecule has 0 atom stereocenters. The molecule has 0 spiro atoms. The summed E-state index contributed by atoms with van der Waals surface area (Å²) < 4.78 is 54.7. The molecule has 3 aromatic rings. The predicted octanol–water partition coefficient (Wildman–Crippen LogP) is 3.88. The molecular weight excluding hydrogens is 512 g/mol. The van der Waals surface area contributed by atoms with E-state index in [1.807, 2.05) is 30.9 Å². The highest BCUT2D eigenvalue weighted by Gasteiger charge is 2.24. The van der Waals surface area contributed by atoms with Crippen molar-refractivity contribution in [3.05, 3.63) is 59.9 Å². The molecule has 200 valence electrons. The Morgan fingerprint density at radius 1 is 1.00 bits per heavy atom. The first-order valence-electron chi connectivity index (χ1n) is 12.3. The smallest absolute Gasteiger partial charge is 0.229 e. The van der Waals surface area contributed by atoms with Crippen molar-refractivity contribution >= 4 is 39.2 Å². The van der Waals surface area contributed by atoms with E-state index in [2.05, 4.69) is 25.2 Å². The van der Waals surface area contributed by atoms with Gasteiger partial charge in [-0.1, -0.05) is 12.2 Å². The molecular formula is C26H29F2N7O2S. The molecule has 1 saturated heterocycles. The number of fused-ring (bicyclic) bond motifs is 1. The molecule has 2 aliphatic rings. The Hall–Kier alpha value is -3.64. The number of hydrogen-bond acceptors (Lipinski definition) is 8. The van der Waals surface area contributed by atoms with E-state index in [-0.39, 0.29) is 17.7 Å². The molecule has 4 heterocycles. The zero-order chi connectivity index (χ0) is 27.0. The molecule has 0 saturated carbocycles. The molecule has 1 N–H and O–H groups in total. The monoisotopic (exact) mass is 541 g/mol. The van der Waals surface area contributed by atoms with Gasteiger partial charge >= 0.3 is 0 Å². The van der Waals surface area contributed by atoms with Gasteiger partial charge in [-0.05, 0) is 38.1 Å². The zero-order valence-corrected chi connectivity index (χ0v) is 22.2. The van der Waals surface area contributed by atoms with Crippen LogP contribution in [0, 0.1) is 11.6 Å². The number of rotatable bonds is 6. The average Bonchev–Trinajstić information content (AvgIpc) is 2.89. The normalized spacial score (nSPS) is 16.2.